The molecule has 0 radical (unpaired) electrons. The lowest BCUT2D eigenvalue weighted by atomic mass is 10.1. The maximum absolute atomic E-state index is 14.2. The number of aromatic nitrogens is 4. The van der Waals surface area contributed by atoms with Gasteiger partial charge in [-0.05, 0) is 18.2 Å². The van der Waals surface area contributed by atoms with Crippen LogP contribution in [0.4, 0.5) is 14.5 Å². The van der Waals surface area contributed by atoms with E-state index < -0.39 is 23.2 Å². The number of methoxy groups -OCH3 is 1. The second-order valence-corrected chi connectivity index (χ2v) is 6.29. The summed E-state index contributed by atoms with van der Waals surface area (Å²) in [5, 5.41) is 11.4. The molecule has 10 heteroatoms. The van der Waals surface area contributed by atoms with Gasteiger partial charge in [-0.3, -0.25) is 13.8 Å². The van der Waals surface area contributed by atoms with Crippen molar-refractivity contribution in [2.45, 2.75) is 6.54 Å². The predicted octanol–water partition coefficient (Wildman–Crippen LogP) is 2.26. The average Bonchev–Trinajstić information content (AvgIpc) is 3.15. The van der Waals surface area contributed by atoms with Crippen molar-refractivity contribution >= 4 is 28.3 Å². The molecule has 0 aliphatic heterocycles. The van der Waals surface area contributed by atoms with E-state index in [-0.39, 0.29) is 17.8 Å². The van der Waals surface area contributed by atoms with Gasteiger partial charge in [-0.1, -0.05) is 12.1 Å². The fourth-order valence-electron chi connectivity index (χ4n) is 3.13. The first-order chi connectivity index (χ1) is 13.9. The lowest BCUT2D eigenvalue weighted by Gasteiger charge is -2.11. The number of ether oxygens (including phenoxy) is 1. The van der Waals surface area contributed by atoms with Crippen molar-refractivity contribution in [3.63, 3.8) is 0 Å². The number of carbonyl (C=O) groups is 1. The number of hydrogen-bond acceptors (Lipinski definition) is 6. The summed E-state index contributed by atoms with van der Waals surface area (Å²) in [5.74, 6) is -2.09. The molecular formula is C19H15F2N5O3. The number of benzene rings is 2. The number of hydrogen-bond donors (Lipinski definition) is 1. The highest BCUT2D eigenvalue weighted by molar-refractivity contribution is 5.90. The predicted molar refractivity (Wildman–Crippen MR) is 101 cm³/mol. The quantitative estimate of drug-likeness (QED) is 0.530. The highest BCUT2D eigenvalue weighted by atomic mass is 19.1. The molecule has 4 rings (SSSR count). The maximum atomic E-state index is 14.2. The van der Waals surface area contributed by atoms with Crippen molar-refractivity contribution in [1.82, 2.24) is 19.2 Å². The van der Waals surface area contributed by atoms with Gasteiger partial charge in [0.2, 0.25) is 5.78 Å². The Morgan fingerprint density at radius 1 is 1.17 bits per heavy atom. The maximum Gasteiger partial charge on any atom is 0.340 e. The summed E-state index contributed by atoms with van der Waals surface area (Å²) in [7, 11) is 2.69. The van der Waals surface area contributed by atoms with Gasteiger partial charge in [-0.15, -0.1) is 10.2 Å². The largest absolute Gasteiger partial charge is 0.465 e. The Balaban J connectivity index is 1.77. The van der Waals surface area contributed by atoms with Crippen LogP contribution in [0.2, 0.25) is 0 Å². The van der Waals surface area contributed by atoms with Crippen molar-refractivity contribution in [2.75, 3.05) is 12.4 Å². The van der Waals surface area contributed by atoms with Gasteiger partial charge in [0.25, 0.3) is 5.56 Å². The van der Waals surface area contributed by atoms with E-state index in [0.717, 1.165) is 13.2 Å². The van der Waals surface area contributed by atoms with E-state index in [1.165, 1.54) is 4.57 Å². The second-order valence-electron chi connectivity index (χ2n) is 6.29. The molecule has 0 aliphatic rings. The Labute approximate surface area is 162 Å². The molecule has 1 N–H and O–H groups in total. The smallest absolute Gasteiger partial charge is 0.340 e. The van der Waals surface area contributed by atoms with Crippen LogP contribution in [0, 0.1) is 11.6 Å². The molecule has 0 fully saturated rings. The SMILES string of the molecule is COC(=O)c1cc(NCc2nnc3n(C)c(=O)c4ccccc4n23)c(F)cc1F. The monoisotopic (exact) mass is 399 g/mol. The van der Waals surface area contributed by atoms with E-state index in [1.54, 1.807) is 35.7 Å². The highest BCUT2D eigenvalue weighted by Crippen LogP contribution is 2.21. The zero-order valence-electron chi connectivity index (χ0n) is 15.4. The molecule has 0 atom stereocenters. The molecule has 8 nitrogen and oxygen atoms in total. The van der Waals surface area contributed by atoms with Gasteiger partial charge in [-0.2, -0.15) is 0 Å². The van der Waals surface area contributed by atoms with Gasteiger partial charge >= 0.3 is 5.97 Å². The minimum absolute atomic E-state index is 0.00648. The van der Waals surface area contributed by atoms with Gasteiger partial charge in [0, 0.05) is 13.1 Å². The number of fused-ring (bicyclic) bond motifs is 3. The van der Waals surface area contributed by atoms with Crippen LogP contribution in [0.25, 0.3) is 16.7 Å². The minimum atomic E-state index is -1.02. The number of aryl methyl sites for hydroxylation is 1. The van der Waals surface area contributed by atoms with Gasteiger partial charge in [0.15, 0.2) is 5.82 Å². The van der Waals surface area contributed by atoms with Crippen LogP contribution in [0.5, 0.6) is 0 Å². The van der Waals surface area contributed by atoms with Crippen LogP contribution < -0.4 is 10.9 Å². The van der Waals surface area contributed by atoms with Gasteiger partial charge < -0.3 is 10.1 Å². The number of carbonyl (C=O) groups excluding carboxylic acids is 1. The van der Waals surface area contributed by atoms with Crippen molar-refractivity contribution in [3.05, 3.63) is 69.8 Å². The second kappa shape index (κ2) is 6.97. The first-order valence-corrected chi connectivity index (χ1v) is 8.55. The third-order valence-corrected chi connectivity index (χ3v) is 4.59. The summed E-state index contributed by atoms with van der Waals surface area (Å²) in [6, 6.07) is 8.62. The Bertz CT molecular complexity index is 1330. The topological polar surface area (TPSA) is 90.5 Å². The molecule has 29 heavy (non-hydrogen) atoms. The van der Waals surface area contributed by atoms with Crippen molar-refractivity contribution in [3.8, 4) is 0 Å². The average molecular weight is 399 g/mol. The third-order valence-electron chi connectivity index (χ3n) is 4.59. The molecule has 0 aliphatic carbocycles. The molecule has 2 aromatic carbocycles. The van der Waals surface area contributed by atoms with E-state index in [4.69, 9.17) is 0 Å². The summed E-state index contributed by atoms with van der Waals surface area (Å²) in [6.45, 7) is 0.00648. The summed E-state index contributed by atoms with van der Waals surface area (Å²) in [4.78, 5) is 24.1. The molecule has 0 saturated carbocycles. The summed E-state index contributed by atoms with van der Waals surface area (Å²) in [6.07, 6.45) is 0. The van der Waals surface area contributed by atoms with E-state index >= 15 is 0 Å². The van der Waals surface area contributed by atoms with Crippen LogP contribution in [0.3, 0.4) is 0 Å². The number of rotatable bonds is 4. The molecule has 2 aromatic heterocycles. The fourth-order valence-corrected chi connectivity index (χ4v) is 3.13. The van der Waals surface area contributed by atoms with Crippen LogP contribution in [-0.4, -0.2) is 32.2 Å². The number of nitrogens with one attached hydrogen (secondary N) is 1. The zero-order valence-corrected chi connectivity index (χ0v) is 15.4. The van der Waals surface area contributed by atoms with Gasteiger partial charge in [0.05, 0.1) is 35.8 Å². The molecule has 148 valence electrons. The summed E-state index contributed by atoms with van der Waals surface area (Å²) in [5.41, 5.74) is -0.109. The first kappa shape index (κ1) is 18.5. The van der Waals surface area contributed by atoms with Crippen molar-refractivity contribution in [1.29, 1.82) is 0 Å². The molecule has 4 aromatic rings. The fraction of sp³-hybridized carbons (Fsp3) is 0.158. The molecule has 0 spiro atoms. The molecular weight excluding hydrogens is 384 g/mol. The van der Waals surface area contributed by atoms with E-state index in [1.807, 2.05) is 0 Å². The number of para-hydroxylation sites is 1. The lowest BCUT2D eigenvalue weighted by Crippen LogP contribution is -2.20. The molecule has 0 bridgehead atoms. The van der Waals surface area contributed by atoms with E-state index in [2.05, 4.69) is 20.3 Å². The number of halogens is 2. The summed E-state index contributed by atoms with van der Waals surface area (Å²) < 4.78 is 35.5. The number of nitrogens with zero attached hydrogens (tertiary/aromatic N) is 4. The van der Waals surface area contributed by atoms with E-state index in [0.29, 0.717) is 28.6 Å². The van der Waals surface area contributed by atoms with Crippen LogP contribution in [0.15, 0.2) is 41.2 Å². The lowest BCUT2D eigenvalue weighted by molar-refractivity contribution is 0.0595. The Morgan fingerprint density at radius 2 is 1.93 bits per heavy atom. The molecule has 0 amide bonds. The van der Waals surface area contributed by atoms with E-state index in [9.17, 15) is 18.4 Å². The third kappa shape index (κ3) is 2.98. The summed E-state index contributed by atoms with van der Waals surface area (Å²) >= 11 is 0. The molecule has 0 saturated heterocycles. The van der Waals surface area contributed by atoms with Gasteiger partial charge in [0.1, 0.15) is 11.6 Å². The van der Waals surface area contributed by atoms with Crippen LogP contribution in [-0.2, 0) is 18.3 Å². The number of esters is 1. The molecule has 2 heterocycles. The zero-order chi connectivity index (χ0) is 20.7. The van der Waals surface area contributed by atoms with Crippen LogP contribution >= 0.6 is 0 Å². The number of anilines is 1. The van der Waals surface area contributed by atoms with Crippen molar-refractivity contribution < 1.29 is 18.3 Å². The molecule has 0 unspecified atom stereocenters. The van der Waals surface area contributed by atoms with Crippen LogP contribution in [0.1, 0.15) is 16.2 Å². The Morgan fingerprint density at radius 3 is 2.69 bits per heavy atom. The van der Waals surface area contributed by atoms with Crippen molar-refractivity contribution in [2.24, 2.45) is 7.05 Å². The highest BCUT2D eigenvalue weighted by Gasteiger charge is 2.18. The standard InChI is InChI=1S/C19H15F2N5O3/c1-25-17(27)10-5-3-4-6-15(10)26-16(23-24-19(25)26)9-22-14-7-11(18(28)29-2)12(20)8-13(14)21/h3-8,22H,9H2,1-2H3. The Hall–Kier alpha value is -3.82. The van der Waals surface area contributed by atoms with Gasteiger partial charge in [-0.25, -0.2) is 13.6 Å². The Kier molecular flexibility index (Phi) is 4.45. The minimum Gasteiger partial charge on any atom is -0.465 e. The normalized spacial score (nSPS) is 11.2. The first-order valence-electron chi connectivity index (χ1n) is 8.55.